The average Bonchev–Trinajstić information content (AvgIpc) is 1.86. The fourth-order valence-electron chi connectivity index (χ4n) is 1.15. The Kier molecular flexibility index (Phi) is 4.86. The molecular formula is C8H17NO2. The van der Waals surface area contributed by atoms with Crippen molar-refractivity contribution in [3.63, 3.8) is 0 Å². The van der Waals surface area contributed by atoms with E-state index < -0.39 is 5.97 Å². The number of carboxylic acids is 1. The number of carbonyl (C=O) groups is 1. The van der Waals surface area contributed by atoms with E-state index in [9.17, 15) is 9.90 Å². The predicted molar refractivity (Wildman–Crippen MR) is 40.3 cm³/mol. The maximum absolute atomic E-state index is 10.5. The lowest BCUT2D eigenvalue weighted by molar-refractivity contribution is -0.373. The molecular weight excluding hydrogens is 142 g/mol. The van der Waals surface area contributed by atoms with Gasteiger partial charge in [-0.25, -0.2) is 0 Å². The number of aliphatic carboxylic acids is 1. The van der Waals surface area contributed by atoms with Crippen molar-refractivity contribution in [2.75, 3.05) is 6.54 Å². The molecule has 0 aromatic rings. The van der Waals surface area contributed by atoms with Crippen LogP contribution in [0.1, 0.15) is 26.7 Å². The summed E-state index contributed by atoms with van der Waals surface area (Å²) in [6.45, 7) is 4.70. The molecule has 0 saturated carbocycles. The second-order valence-corrected chi connectivity index (χ2v) is 3.29. The highest BCUT2D eigenvalue weighted by Gasteiger charge is 2.11. The van der Waals surface area contributed by atoms with Crippen LogP contribution in [-0.2, 0) is 4.79 Å². The van der Waals surface area contributed by atoms with Crippen LogP contribution >= 0.6 is 0 Å². The van der Waals surface area contributed by atoms with Gasteiger partial charge in [-0.2, -0.15) is 0 Å². The summed E-state index contributed by atoms with van der Waals surface area (Å²) < 4.78 is 0. The first kappa shape index (κ1) is 10.4. The van der Waals surface area contributed by atoms with Gasteiger partial charge in [0.15, 0.2) is 0 Å². The lowest BCUT2D eigenvalue weighted by Gasteiger charge is -2.17. The van der Waals surface area contributed by atoms with Gasteiger partial charge in [0, 0.05) is 18.3 Å². The molecule has 0 saturated heterocycles. The van der Waals surface area contributed by atoms with Crippen molar-refractivity contribution in [3.8, 4) is 0 Å². The molecule has 0 unspecified atom stereocenters. The molecule has 0 amide bonds. The first-order valence-electron chi connectivity index (χ1n) is 4.08. The van der Waals surface area contributed by atoms with Gasteiger partial charge in [0.1, 0.15) is 0 Å². The molecule has 0 aromatic carbocycles. The highest BCUT2D eigenvalue weighted by molar-refractivity contribution is 5.67. The fourth-order valence-corrected chi connectivity index (χ4v) is 1.15. The predicted octanol–water partition coefficient (Wildman–Crippen LogP) is -0.969. The standard InChI is InChI=1S/C8H17NO2/c1-6(2)5-7(3-4-9)8(10)11/h6-7H,3-5,9H2,1-2H3,(H,10,11)/t7-/m1/s1. The fraction of sp³-hybridized carbons (Fsp3) is 0.875. The second-order valence-electron chi connectivity index (χ2n) is 3.29. The first-order valence-corrected chi connectivity index (χ1v) is 4.08. The van der Waals surface area contributed by atoms with Crippen LogP contribution < -0.4 is 10.8 Å². The summed E-state index contributed by atoms with van der Waals surface area (Å²) in [5.41, 5.74) is 3.62. The number of carboxylic acid groups (broad SMARTS) is 1. The van der Waals surface area contributed by atoms with Gasteiger partial charge >= 0.3 is 0 Å². The van der Waals surface area contributed by atoms with Crippen LogP contribution in [0.2, 0.25) is 0 Å². The molecule has 0 aliphatic heterocycles. The zero-order valence-corrected chi connectivity index (χ0v) is 7.30. The van der Waals surface area contributed by atoms with E-state index in [1.54, 1.807) is 0 Å². The van der Waals surface area contributed by atoms with Gasteiger partial charge in [-0.05, 0) is 12.3 Å². The molecule has 1 atom stereocenters. The van der Waals surface area contributed by atoms with Gasteiger partial charge in [0.2, 0.25) is 0 Å². The Hall–Kier alpha value is -0.570. The lowest BCUT2D eigenvalue weighted by atomic mass is 9.94. The van der Waals surface area contributed by atoms with Crippen LogP contribution in [0.4, 0.5) is 0 Å². The van der Waals surface area contributed by atoms with Crippen LogP contribution in [0.5, 0.6) is 0 Å². The van der Waals surface area contributed by atoms with Crippen molar-refractivity contribution in [3.05, 3.63) is 0 Å². The average molecular weight is 159 g/mol. The monoisotopic (exact) mass is 159 g/mol. The van der Waals surface area contributed by atoms with Crippen molar-refractivity contribution in [2.45, 2.75) is 26.7 Å². The van der Waals surface area contributed by atoms with Gasteiger partial charge in [0.25, 0.3) is 0 Å². The summed E-state index contributed by atoms with van der Waals surface area (Å²) in [7, 11) is 0. The minimum Gasteiger partial charge on any atom is -0.550 e. The topological polar surface area (TPSA) is 67.8 Å². The summed E-state index contributed by atoms with van der Waals surface area (Å²) in [5.74, 6) is -0.806. The van der Waals surface area contributed by atoms with E-state index in [0.29, 0.717) is 25.3 Å². The molecule has 0 fully saturated rings. The maximum atomic E-state index is 10.5. The van der Waals surface area contributed by atoms with Crippen molar-refractivity contribution in [2.24, 2.45) is 11.8 Å². The van der Waals surface area contributed by atoms with E-state index in [0.717, 1.165) is 0 Å². The van der Waals surface area contributed by atoms with Gasteiger partial charge < -0.3 is 15.6 Å². The largest absolute Gasteiger partial charge is 0.550 e. The van der Waals surface area contributed by atoms with E-state index in [1.165, 1.54) is 0 Å². The van der Waals surface area contributed by atoms with Crippen molar-refractivity contribution < 1.29 is 15.6 Å². The number of hydrogen-bond donors (Lipinski definition) is 1. The molecule has 0 bridgehead atoms. The van der Waals surface area contributed by atoms with E-state index >= 15 is 0 Å². The summed E-state index contributed by atoms with van der Waals surface area (Å²) in [4.78, 5) is 10.5. The number of carbonyl (C=O) groups excluding carboxylic acids is 1. The van der Waals surface area contributed by atoms with Gasteiger partial charge in [-0.15, -0.1) is 0 Å². The Balaban J connectivity index is 3.79. The number of hydrogen-bond acceptors (Lipinski definition) is 2. The molecule has 66 valence electrons. The van der Waals surface area contributed by atoms with E-state index in [-0.39, 0.29) is 5.92 Å². The first-order chi connectivity index (χ1) is 5.07. The lowest BCUT2D eigenvalue weighted by Crippen LogP contribution is -2.52. The minimum absolute atomic E-state index is 0.299. The highest BCUT2D eigenvalue weighted by atomic mass is 16.4. The maximum Gasteiger partial charge on any atom is 0.0746 e. The van der Waals surface area contributed by atoms with Gasteiger partial charge in [-0.3, -0.25) is 0 Å². The van der Waals surface area contributed by atoms with Crippen LogP contribution in [0, 0.1) is 11.8 Å². The Morgan fingerprint density at radius 1 is 1.55 bits per heavy atom. The quantitative estimate of drug-likeness (QED) is 0.561. The Morgan fingerprint density at radius 2 is 2.09 bits per heavy atom. The molecule has 0 radical (unpaired) electrons. The van der Waals surface area contributed by atoms with Crippen molar-refractivity contribution in [1.82, 2.24) is 0 Å². The molecule has 3 N–H and O–H groups in total. The highest BCUT2D eigenvalue weighted by Crippen LogP contribution is 2.13. The van der Waals surface area contributed by atoms with Crippen LogP contribution in [0.15, 0.2) is 0 Å². The van der Waals surface area contributed by atoms with Crippen molar-refractivity contribution in [1.29, 1.82) is 0 Å². The van der Waals surface area contributed by atoms with Crippen LogP contribution in [0.3, 0.4) is 0 Å². The molecule has 0 heterocycles. The van der Waals surface area contributed by atoms with Gasteiger partial charge in [0.05, 0.1) is 6.54 Å². The smallest absolute Gasteiger partial charge is 0.0746 e. The van der Waals surface area contributed by atoms with Crippen LogP contribution in [-0.4, -0.2) is 12.5 Å². The third-order valence-electron chi connectivity index (χ3n) is 1.64. The third kappa shape index (κ3) is 4.79. The Morgan fingerprint density at radius 3 is 2.36 bits per heavy atom. The zero-order chi connectivity index (χ0) is 8.85. The molecule has 0 rings (SSSR count). The number of quaternary nitrogens is 1. The van der Waals surface area contributed by atoms with Gasteiger partial charge in [-0.1, -0.05) is 13.8 Å². The molecule has 11 heavy (non-hydrogen) atoms. The Labute approximate surface area is 67.6 Å². The zero-order valence-electron chi connectivity index (χ0n) is 7.30. The number of rotatable bonds is 5. The third-order valence-corrected chi connectivity index (χ3v) is 1.64. The Bertz CT molecular complexity index is 123. The second kappa shape index (κ2) is 5.13. The van der Waals surface area contributed by atoms with E-state index in [4.69, 9.17) is 0 Å². The molecule has 3 heteroatoms. The SMILES string of the molecule is CC(C)C[C@@H](CC[NH3+])C(=O)[O-]. The minimum atomic E-state index is -0.928. The normalized spacial score (nSPS) is 13.5. The van der Waals surface area contributed by atoms with E-state index in [2.05, 4.69) is 5.73 Å². The summed E-state index contributed by atoms with van der Waals surface area (Å²) in [6.07, 6.45) is 1.35. The molecule has 0 spiro atoms. The molecule has 0 aliphatic carbocycles. The summed E-state index contributed by atoms with van der Waals surface area (Å²) in [6, 6.07) is 0. The molecule has 3 nitrogen and oxygen atoms in total. The molecule has 0 aliphatic rings. The van der Waals surface area contributed by atoms with E-state index in [1.807, 2.05) is 13.8 Å². The summed E-state index contributed by atoms with van der Waals surface area (Å²) >= 11 is 0. The summed E-state index contributed by atoms with van der Waals surface area (Å²) in [5, 5.41) is 10.5. The van der Waals surface area contributed by atoms with Crippen molar-refractivity contribution >= 4 is 5.97 Å². The molecule has 0 aromatic heterocycles. The van der Waals surface area contributed by atoms with Crippen LogP contribution in [0.25, 0.3) is 0 Å².